The third-order valence-electron chi connectivity index (χ3n) is 4.22. The van der Waals surface area contributed by atoms with Gasteiger partial charge < -0.3 is 19.9 Å². The van der Waals surface area contributed by atoms with Crippen LogP contribution >= 0.6 is 0 Å². The van der Waals surface area contributed by atoms with Gasteiger partial charge in [-0.2, -0.15) is 0 Å². The Morgan fingerprint density at radius 3 is 2.43 bits per heavy atom. The molecule has 1 aromatic carbocycles. The molecule has 0 radical (unpaired) electrons. The number of hydrogen-bond acceptors (Lipinski definition) is 8. The van der Waals surface area contributed by atoms with Gasteiger partial charge in [0, 0.05) is 17.3 Å². The Hall–Kier alpha value is -3.20. The Balaban J connectivity index is 2.80. The van der Waals surface area contributed by atoms with Gasteiger partial charge >= 0.3 is 11.9 Å². The summed E-state index contributed by atoms with van der Waals surface area (Å²) in [6.45, 7) is 4.36. The molecule has 0 saturated heterocycles. The van der Waals surface area contributed by atoms with Gasteiger partial charge in [0.2, 0.25) is 0 Å². The van der Waals surface area contributed by atoms with E-state index in [0.29, 0.717) is 5.70 Å². The van der Waals surface area contributed by atoms with Gasteiger partial charge in [0.15, 0.2) is 0 Å². The van der Waals surface area contributed by atoms with Crippen LogP contribution < -0.4 is 5.32 Å². The van der Waals surface area contributed by atoms with E-state index in [1.54, 1.807) is 26.8 Å². The van der Waals surface area contributed by atoms with Crippen LogP contribution in [-0.4, -0.2) is 41.8 Å². The predicted octanol–water partition coefficient (Wildman–Crippen LogP) is 1.93. The fraction of sp³-hybridized carbons (Fsp3) is 0.368. The molecule has 28 heavy (non-hydrogen) atoms. The summed E-state index contributed by atoms with van der Waals surface area (Å²) in [5, 5.41) is 24.1. The molecular weight excluding hydrogens is 368 g/mol. The number of carbonyl (C=O) groups excluding carboxylic acids is 2. The lowest BCUT2D eigenvalue weighted by molar-refractivity contribution is -0.385. The number of para-hydroxylation sites is 1. The van der Waals surface area contributed by atoms with Gasteiger partial charge in [-0.05, 0) is 20.8 Å². The Morgan fingerprint density at radius 2 is 1.89 bits per heavy atom. The summed E-state index contributed by atoms with van der Waals surface area (Å²) in [6, 6.07) is 5.80. The van der Waals surface area contributed by atoms with Crippen molar-refractivity contribution in [3.05, 3.63) is 62.5 Å². The highest BCUT2D eigenvalue weighted by molar-refractivity contribution is 6.00. The molecule has 150 valence electrons. The number of rotatable bonds is 6. The fourth-order valence-corrected chi connectivity index (χ4v) is 3.13. The maximum Gasteiger partial charge on any atom is 0.337 e. The van der Waals surface area contributed by atoms with Crippen LogP contribution in [0.2, 0.25) is 0 Å². The van der Waals surface area contributed by atoms with Crippen molar-refractivity contribution in [2.75, 3.05) is 13.7 Å². The molecule has 0 saturated carbocycles. The highest BCUT2D eigenvalue weighted by Crippen LogP contribution is 2.42. The molecule has 0 aliphatic carbocycles. The lowest BCUT2D eigenvalue weighted by Crippen LogP contribution is -2.35. The van der Waals surface area contributed by atoms with Crippen molar-refractivity contribution in [2.24, 2.45) is 0 Å². The molecule has 0 spiro atoms. The van der Waals surface area contributed by atoms with Crippen LogP contribution in [0.15, 0.2) is 46.8 Å². The number of methoxy groups -OCH3 is 1. The molecule has 2 rings (SSSR count). The highest BCUT2D eigenvalue weighted by Gasteiger charge is 2.41. The third kappa shape index (κ3) is 4.04. The van der Waals surface area contributed by atoms with Gasteiger partial charge in [0.25, 0.3) is 5.69 Å². The molecule has 9 nitrogen and oxygen atoms in total. The van der Waals surface area contributed by atoms with Crippen LogP contribution in [0, 0.1) is 10.1 Å². The van der Waals surface area contributed by atoms with E-state index < -0.39 is 35.5 Å². The first-order chi connectivity index (χ1) is 13.2. The second kappa shape index (κ2) is 8.66. The lowest BCUT2D eigenvalue weighted by atomic mass is 9.79. The highest BCUT2D eigenvalue weighted by atomic mass is 16.6. The first-order valence-corrected chi connectivity index (χ1v) is 8.57. The minimum absolute atomic E-state index is 0.0422. The van der Waals surface area contributed by atoms with Gasteiger partial charge in [0.05, 0.1) is 47.5 Å². The summed E-state index contributed by atoms with van der Waals surface area (Å²) in [5.41, 5.74) is 0.242. The van der Waals surface area contributed by atoms with Crippen LogP contribution in [0.25, 0.3) is 0 Å². The molecule has 9 heteroatoms. The zero-order valence-corrected chi connectivity index (χ0v) is 16.0. The first kappa shape index (κ1) is 21.1. The summed E-state index contributed by atoms with van der Waals surface area (Å²) < 4.78 is 10.1. The Bertz CT molecular complexity index is 871. The number of aliphatic hydroxyl groups excluding tert-OH is 1. The van der Waals surface area contributed by atoms with Gasteiger partial charge in [-0.25, -0.2) is 9.59 Å². The van der Waals surface area contributed by atoms with Crippen molar-refractivity contribution in [2.45, 2.75) is 32.8 Å². The number of aliphatic hydroxyl groups is 1. The summed E-state index contributed by atoms with van der Waals surface area (Å²) in [6.07, 6.45) is -0.441. The Kier molecular flexibility index (Phi) is 6.53. The molecule has 0 fully saturated rings. The maximum atomic E-state index is 12.8. The number of ether oxygens (including phenoxy) is 2. The van der Waals surface area contributed by atoms with E-state index in [2.05, 4.69) is 5.32 Å². The lowest BCUT2D eigenvalue weighted by Gasteiger charge is -2.30. The number of carbonyl (C=O) groups is 2. The number of nitro groups is 1. The molecule has 2 N–H and O–H groups in total. The quantitative estimate of drug-likeness (QED) is 0.428. The fourth-order valence-electron chi connectivity index (χ4n) is 3.13. The molecule has 1 heterocycles. The molecule has 0 bridgehead atoms. The van der Waals surface area contributed by atoms with E-state index in [-0.39, 0.29) is 28.1 Å². The number of esters is 2. The van der Waals surface area contributed by atoms with E-state index in [9.17, 15) is 24.8 Å². The summed E-state index contributed by atoms with van der Waals surface area (Å²) in [5.74, 6) is -2.67. The zero-order valence-electron chi connectivity index (χ0n) is 16.0. The molecule has 1 atom stereocenters. The van der Waals surface area contributed by atoms with Crippen molar-refractivity contribution in [3.8, 4) is 0 Å². The van der Waals surface area contributed by atoms with Crippen molar-refractivity contribution in [3.63, 3.8) is 0 Å². The van der Waals surface area contributed by atoms with Crippen LogP contribution in [0.3, 0.4) is 0 Å². The second-order valence-corrected chi connectivity index (χ2v) is 6.41. The van der Waals surface area contributed by atoms with Crippen LogP contribution in [0.1, 0.15) is 32.3 Å². The van der Waals surface area contributed by atoms with E-state index in [1.807, 2.05) is 0 Å². The normalized spacial score (nSPS) is 16.7. The number of benzene rings is 1. The van der Waals surface area contributed by atoms with Gasteiger partial charge in [-0.1, -0.05) is 18.2 Å². The average Bonchev–Trinajstić information content (AvgIpc) is 2.65. The number of nitrogens with zero attached hydrogens (tertiary/aromatic N) is 1. The number of dihydropyridines is 1. The molecular formula is C19H22N2O7. The monoisotopic (exact) mass is 390 g/mol. The van der Waals surface area contributed by atoms with E-state index in [0.717, 1.165) is 7.11 Å². The van der Waals surface area contributed by atoms with Gasteiger partial charge in [0.1, 0.15) is 0 Å². The second-order valence-electron chi connectivity index (χ2n) is 6.41. The van der Waals surface area contributed by atoms with Crippen molar-refractivity contribution < 1.29 is 29.1 Å². The smallest absolute Gasteiger partial charge is 0.337 e. The molecule has 0 amide bonds. The van der Waals surface area contributed by atoms with Crippen molar-refractivity contribution in [1.82, 2.24) is 5.32 Å². The Morgan fingerprint density at radius 1 is 1.25 bits per heavy atom. The molecule has 0 aromatic heterocycles. The first-order valence-electron chi connectivity index (χ1n) is 8.57. The number of allylic oxidation sites excluding steroid dienone is 1. The minimum Gasteiger partial charge on any atom is -0.466 e. The summed E-state index contributed by atoms with van der Waals surface area (Å²) in [4.78, 5) is 36.3. The van der Waals surface area contributed by atoms with Crippen LogP contribution in [-0.2, 0) is 19.1 Å². The van der Waals surface area contributed by atoms with Crippen molar-refractivity contribution in [1.29, 1.82) is 0 Å². The largest absolute Gasteiger partial charge is 0.466 e. The third-order valence-corrected chi connectivity index (χ3v) is 4.22. The predicted molar refractivity (Wildman–Crippen MR) is 99.0 cm³/mol. The molecule has 1 unspecified atom stereocenters. The topological polar surface area (TPSA) is 128 Å². The number of hydrogen-bond donors (Lipinski definition) is 2. The van der Waals surface area contributed by atoms with E-state index in [1.165, 1.54) is 18.2 Å². The van der Waals surface area contributed by atoms with Crippen LogP contribution in [0.4, 0.5) is 5.69 Å². The van der Waals surface area contributed by atoms with Gasteiger partial charge in [-0.15, -0.1) is 0 Å². The van der Waals surface area contributed by atoms with Gasteiger partial charge in [-0.3, -0.25) is 10.1 Å². The van der Waals surface area contributed by atoms with Crippen LogP contribution in [0.5, 0.6) is 0 Å². The number of nitrogens with one attached hydrogen (secondary N) is 1. The molecule has 1 aliphatic rings. The summed E-state index contributed by atoms with van der Waals surface area (Å²) in [7, 11) is 1.15. The summed E-state index contributed by atoms with van der Waals surface area (Å²) >= 11 is 0. The number of nitro benzene ring substituents is 1. The standard InChI is InChI=1S/C19H22N2O7/c1-10(2)28-19(24)15-11(3)20-13(9-22)17(18(23)27-4)16(15)12-7-5-6-8-14(12)21(25)26/h5-8,10,16,20,22H,9H2,1-4H3. The van der Waals surface area contributed by atoms with E-state index >= 15 is 0 Å². The SMILES string of the molecule is COC(=O)C1=C(CO)NC(C)=C(C(=O)OC(C)C)C1c1ccccc1[N+](=O)[O-]. The molecule has 1 aromatic rings. The maximum absolute atomic E-state index is 12.8. The molecule has 1 aliphatic heterocycles. The average molecular weight is 390 g/mol. The minimum atomic E-state index is -1.14. The zero-order chi connectivity index (χ0) is 21.0. The Labute approximate surface area is 161 Å². The van der Waals surface area contributed by atoms with E-state index in [4.69, 9.17) is 9.47 Å². The van der Waals surface area contributed by atoms with Crippen molar-refractivity contribution >= 4 is 17.6 Å².